The van der Waals surface area contributed by atoms with Gasteiger partial charge in [-0.1, -0.05) is 12.1 Å². The average Bonchev–Trinajstić information content (AvgIpc) is 3.09. The van der Waals surface area contributed by atoms with Crippen molar-refractivity contribution in [1.82, 2.24) is 9.80 Å². The van der Waals surface area contributed by atoms with Crippen molar-refractivity contribution in [3.8, 4) is 0 Å². The topological polar surface area (TPSA) is 66.7 Å². The molecule has 2 aliphatic heterocycles. The molecule has 1 aromatic carbocycles. The number of benzene rings is 1. The molecule has 2 fully saturated rings. The zero-order valence-corrected chi connectivity index (χ0v) is 13.3. The smallest absolute Gasteiger partial charge is 0.269 e. The highest BCUT2D eigenvalue weighted by atomic mass is 16.6. The van der Waals surface area contributed by atoms with Crippen LogP contribution in [0.1, 0.15) is 31.2 Å². The Bertz CT molecular complexity index is 584. The number of nitro groups is 1. The normalized spacial score (nSPS) is 22.3. The molecule has 0 aliphatic carbocycles. The first-order chi connectivity index (χ1) is 11.1. The third-order valence-corrected chi connectivity index (χ3v) is 4.80. The van der Waals surface area contributed by atoms with Gasteiger partial charge in [0.1, 0.15) is 0 Å². The molecule has 2 heterocycles. The molecule has 3 rings (SSSR count). The predicted molar refractivity (Wildman–Crippen MR) is 86.9 cm³/mol. The summed E-state index contributed by atoms with van der Waals surface area (Å²) in [5.41, 5.74) is 1.07. The molecule has 0 N–H and O–H groups in total. The second-order valence-corrected chi connectivity index (χ2v) is 6.53. The van der Waals surface area contributed by atoms with Crippen LogP contribution in [0.3, 0.4) is 0 Å². The second-order valence-electron chi connectivity index (χ2n) is 6.53. The average molecular weight is 317 g/mol. The highest BCUT2D eigenvalue weighted by Crippen LogP contribution is 2.23. The van der Waals surface area contributed by atoms with Gasteiger partial charge in [-0.05, 0) is 37.8 Å². The number of hydrogen-bond acceptors (Lipinski definition) is 4. The highest BCUT2D eigenvalue weighted by Gasteiger charge is 2.30. The Kier molecular flexibility index (Phi) is 4.91. The van der Waals surface area contributed by atoms with Gasteiger partial charge in [0.2, 0.25) is 5.91 Å². The summed E-state index contributed by atoms with van der Waals surface area (Å²) in [6.07, 6.45) is 4.21. The molecule has 0 aromatic heterocycles. The molecule has 23 heavy (non-hydrogen) atoms. The minimum Gasteiger partial charge on any atom is -0.342 e. The summed E-state index contributed by atoms with van der Waals surface area (Å²) in [7, 11) is 0. The van der Waals surface area contributed by atoms with E-state index in [1.807, 2.05) is 11.0 Å². The predicted octanol–water partition coefficient (Wildman–Crippen LogP) is 2.43. The van der Waals surface area contributed by atoms with Gasteiger partial charge in [-0.2, -0.15) is 0 Å². The quantitative estimate of drug-likeness (QED) is 0.632. The van der Waals surface area contributed by atoms with E-state index in [0.29, 0.717) is 12.5 Å². The first kappa shape index (κ1) is 15.9. The van der Waals surface area contributed by atoms with E-state index in [2.05, 4.69) is 4.90 Å². The summed E-state index contributed by atoms with van der Waals surface area (Å²) in [6, 6.07) is 6.79. The standard InChI is InChI=1S/C17H23N3O3/c21-17(19-9-1-2-10-19)15-6-4-8-18(13-15)12-14-5-3-7-16(11-14)20(22)23/h3,5,7,11,15H,1-2,4,6,8-10,12-13H2. The fourth-order valence-corrected chi connectivity index (χ4v) is 3.62. The van der Waals surface area contributed by atoms with Crippen LogP contribution in [-0.4, -0.2) is 46.8 Å². The third-order valence-electron chi connectivity index (χ3n) is 4.80. The van der Waals surface area contributed by atoms with Crippen molar-refractivity contribution in [2.45, 2.75) is 32.2 Å². The lowest BCUT2D eigenvalue weighted by molar-refractivity contribution is -0.384. The molecule has 2 aliphatic rings. The van der Waals surface area contributed by atoms with Crippen molar-refractivity contribution < 1.29 is 9.72 Å². The van der Waals surface area contributed by atoms with Crippen LogP contribution in [0.4, 0.5) is 5.69 Å². The van der Waals surface area contributed by atoms with E-state index in [0.717, 1.165) is 57.4 Å². The van der Waals surface area contributed by atoms with Crippen LogP contribution in [-0.2, 0) is 11.3 Å². The first-order valence-corrected chi connectivity index (χ1v) is 8.38. The lowest BCUT2D eigenvalue weighted by atomic mass is 9.96. The maximum atomic E-state index is 12.6. The van der Waals surface area contributed by atoms with E-state index in [4.69, 9.17) is 0 Å². The van der Waals surface area contributed by atoms with Gasteiger partial charge in [0.05, 0.1) is 10.8 Å². The molecule has 2 saturated heterocycles. The van der Waals surface area contributed by atoms with Gasteiger partial charge in [0, 0.05) is 38.3 Å². The number of likely N-dealkylation sites (tertiary alicyclic amines) is 2. The van der Waals surface area contributed by atoms with Gasteiger partial charge < -0.3 is 4.90 Å². The number of hydrogen-bond donors (Lipinski definition) is 0. The summed E-state index contributed by atoms with van der Waals surface area (Å²) >= 11 is 0. The highest BCUT2D eigenvalue weighted by molar-refractivity contribution is 5.79. The van der Waals surface area contributed by atoms with Gasteiger partial charge in [0.15, 0.2) is 0 Å². The molecule has 0 saturated carbocycles. The Hall–Kier alpha value is -1.95. The number of nitrogens with zero attached hydrogens (tertiary/aromatic N) is 3. The van der Waals surface area contributed by atoms with E-state index in [1.165, 1.54) is 6.07 Å². The van der Waals surface area contributed by atoms with Crippen LogP contribution in [0.2, 0.25) is 0 Å². The molecule has 1 amide bonds. The molecule has 0 spiro atoms. The Balaban J connectivity index is 1.61. The fourth-order valence-electron chi connectivity index (χ4n) is 3.62. The van der Waals surface area contributed by atoms with E-state index in [1.54, 1.807) is 12.1 Å². The molecular weight excluding hydrogens is 294 g/mol. The van der Waals surface area contributed by atoms with Crippen LogP contribution in [0.5, 0.6) is 0 Å². The summed E-state index contributed by atoms with van der Waals surface area (Å²) in [5.74, 6) is 0.381. The van der Waals surface area contributed by atoms with Crippen molar-refractivity contribution in [3.63, 3.8) is 0 Å². The summed E-state index contributed by atoms with van der Waals surface area (Å²) in [4.78, 5) is 27.3. The van der Waals surface area contributed by atoms with Gasteiger partial charge in [-0.3, -0.25) is 19.8 Å². The number of amides is 1. The molecule has 0 radical (unpaired) electrons. The number of non-ortho nitro benzene ring substituents is 1. The molecule has 124 valence electrons. The SMILES string of the molecule is O=C(C1CCCN(Cc2cccc([N+](=O)[O-])c2)C1)N1CCCC1. The minimum absolute atomic E-state index is 0.0838. The maximum absolute atomic E-state index is 12.6. The second kappa shape index (κ2) is 7.08. The van der Waals surface area contributed by atoms with E-state index < -0.39 is 0 Å². The lowest BCUT2D eigenvalue weighted by Crippen LogP contribution is -2.43. The van der Waals surface area contributed by atoms with Crippen molar-refractivity contribution in [3.05, 3.63) is 39.9 Å². The van der Waals surface area contributed by atoms with Gasteiger partial charge >= 0.3 is 0 Å². The first-order valence-electron chi connectivity index (χ1n) is 8.38. The van der Waals surface area contributed by atoms with Crippen LogP contribution < -0.4 is 0 Å². The monoisotopic (exact) mass is 317 g/mol. The van der Waals surface area contributed by atoms with Gasteiger partial charge in [-0.15, -0.1) is 0 Å². The Morgan fingerprint density at radius 1 is 1.22 bits per heavy atom. The molecule has 1 atom stereocenters. The van der Waals surface area contributed by atoms with Crippen LogP contribution >= 0.6 is 0 Å². The number of nitro benzene ring substituents is 1. The number of piperidine rings is 1. The zero-order valence-electron chi connectivity index (χ0n) is 13.3. The Morgan fingerprint density at radius 2 is 2.00 bits per heavy atom. The van der Waals surface area contributed by atoms with Crippen molar-refractivity contribution in [2.24, 2.45) is 5.92 Å². The number of rotatable bonds is 4. The van der Waals surface area contributed by atoms with E-state index in [9.17, 15) is 14.9 Å². The lowest BCUT2D eigenvalue weighted by Gasteiger charge is -2.33. The molecule has 6 nitrogen and oxygen atoms in total. The Labute approximate surface area is 136 Å². The molecule has 6 heteroatoms. The largest absolute Gasteiger partial charge is 0.342 e. The third kappa shape index (κ3) is 3.88. The summed E-state index contributed by atoms with van der Waals surface area (Å²) in [5, 5.41) is 10.9. The van der Waals surface area contributed by atoms with Gasteiger partial charge in [0.25, 0.3) is 5.69 Å². The van der Waals surface area contributed by atoms with Crippen LogP contribution in [0.25, 0.3) is 0 Å². The van der Waals surface area contributed by atoms with Crippen molar-refractivity contribution in [2.75, 3.05) is 26.2 Å². The van der Waals surface area contributed by atoms with Crippen LogP contribution in [0, 0.1) is 16.0 Å². The molecule has 0 bridgehead atoms. The fraction of sp³-hybridized carbons (Fsp3) is 0.588. The number of carbonyl (C=O) groups excluding carboxylic acids is 1. The molecule has 1 aromatic rings. The van der Waals surface area contributed by atoms with E-state index >= 15 is 0 Å². The summed E-state index contributed by atoms with van der Waals surface area (Å²) < 4.78 is 0. The van der Waals surface area contributed by atoms with Crippen molar-refractivity contribution >= 4 is 11.6 Å². The Morgan fingerprint density at radius 3 is 2.74 bits per heavy atom. The summed E-state index contributed by atoms with van der Waals surface area (Å²) in [6.45, 7) is 4.19. The number of carbonyl (C=O) groups is 1. The van der Waals surface area contributed by atoms with Gasteiger partial charge in [-0.25, -0.2) is 0 Å². The van der Waals surface area contributed by atoms with E-state index in [-0.39, 0.29) is 16.5 Å². The maximum Gasteiger partial charge on any atom is 0.269 e. The minimum atomic E-state index is -0.362. The van der Waals surface area contributed by atoms with Crippen molar-refractivity contribution in [1.29, 1.82) is 0 Å². The zero-order chi connectivity index (χ0) is 16.2. The molecular formula is C17H23N3O3. The molecule has 1 unspecified atom stereocenters. The van der Waals surface area contributed by atoms with Crippen LogP contribution in [0.15, 0.2) is 24.3 Å².